The zero-order valence-electron chi connectivity index (χ0n) is 14.3. The highest BCUT2D eigenvalue weighted by Crippen LogP contribution is 2.32. The molecule has 0 spiro atoms. The summed E-state index contributed by atoms with van der Waals surface area (Å²) >= 11 is 0. The highest BCUT2D eigenvalue weighted by atomic mass is 16.5. The second kappa shape index (κ2) is 6.70. The molecule has 130 valence electrons. The van der Waals surface area contributed by atoms with Crippen LogP contribution in [0, 0.1) is 13.8 Å². The van der Waals surface area contributed by atoms with E-state index in [4.69, 9.17) is 9.26 Å². The van der Waals surface area contributed by atoms with Crippen molar-refractivity contribution < 1.29 is 14.1 Å². The third kappa shape index (κ3) is 3.46. The molecule has 0 unspecified atom stereocenters. The van der Waals surface area contributed by atoms with Crippen LogP contribution in [0.4, 0.5) is 5.82 Å². The van der Waals surface area contributed by atoms with Crippen LogP contribution in [0.3, 0.4) is 0 Å². The van der Waals surface area contributed by atoms with Crippen molar-refractivity contribution in [2.24, 2.45) is 7.05 Å². The molecule has 3 rings (SSSR count). The van der Waals surface area contributed by atoms with Gasteiger partial charge in [-0.3, -0.25) is 14.4 Å². The van der Waals surface area contributed by atoms with Gasteiger partial charge < -0.3 is 14.6 Å². The van der Waals surface area contributed by atoms with Crippen LogP contribution in [0.2, 0.25) is 0 Å². The van der Waals surface area contributed by atoms with Gasteiger partial charge in [-0.1, -0.05) is 5.16 Å². The first-order valence-electron chi connectivity index (χ1n) is 7.83. The number of nitrogens with zero attached hydrogens (tertiary/aromatic N) is 5. The highest BCUT2D eigenvalue weighted by Gasteiger charge is 2.37. The Labute approximate surface area is 140 Å². The van der Waals surface area contributed by atoms with Gasteiger partial charge in [0.15, 0.2) is 5.82 Å². The van der Waals surface area contributed by atoms with E-state index in [1.165, 1.54) is 0 Å². The van der Waals surface area contributed by atoms with Crippen molar-refractivity contribution in [3.8, 4) is 0 Å². The molecule has 3 heterocycles. The number of aryl methyl sites for hydroxylation is 3. The van der Waals surface area contributed by atoms with Gasteiger partial charge in [-0.2, -0.15) is 10.1 Å². The first-order chi connectivity index (χ1) is 11.5. The Morgan fingerprint density at radius 3 is 2.88 bits per heavy atom. The molecule has 1 fully saturated rings. The molecule has 24 heavy (non-hydrogen) atoms. The number of anilines is 1. The zero-order chi connectivity index (χ0) is 17.3. The molecule has 0 aromatic carbocycles. The van der Waals surface area contributed by atoms with Crippen molar-refractivity contribution >= 4 is 11.7 Å². The molecule has 9 heteroatoms. The molecule has 0 radical (unpaired) electrons. The number of carbonyl (C=O) groups excluding carboxylic acids is 1. The van der Waals surface area contributed by atoms with Crippen molar-refractivity contribution in [2.75, 3.05) is 25.5 Å². The average Bonchev–Trinajstić information content (AvgIpc) is 3.19. The van der Waals surface area contributed by atoms with Gasteiger partial charge in [-0.15, -0.1) is 0 Å². The van der Waals surface area contributed by atoms with E-state index in [2.05, 4.69) is 20.6 Å². The lowest BCUT2D eigenvalue weighted by Crippen LogP contribution is -2.34. The molecule has 9 nitrogen and oxygen atoms in total. The molecular weight excluding hydrogens is 312 g/mol. The molecule has 2 atom stereocenters. The van der Waals surface area contributed by atoms with Crippen molar-refractivity contribution in [3.63, 3.8) is 0 Å². The molecule has 1 amide bonds. The fraction of sp³-hybridized carbons (Fsp3) is 0.600. The zero-order valence-corrected chi connectivity index (χ0v) is 14.3. The summed E-state index contributed by atoms with van der Waals surface area (Å²) in [5.41, 5.74) is 0.854. The predicted molar refractivity (Wildman–Crippen MR) is 85.3 cm³/mol. The summed E-state index contributed by atoms with van der Waals surface area (Å²) < 4.78 is 12.4. The maximum Gasteiger partial charge on any atom is 0.244 e. The SMILES string of the molecule is CO[C@H]1C[C@H](c2nc(C)no2)N(CC(=O)Nc2cc(C)nn2C)C1. The molecule has 1 aliphatic heterocycles. The van der Waals surface area contributed by atoms with E-state index in [1.54, 1.807) is 25.8 Å². The van der Waals surface area contributed by atoms with Crippen LogP contribution < -0.4 is 5.32 Å². The average molecular weight is 334 g/mol. The fourth-order valence-corrected chi connectivity index (χ4v) is 3.01. The number of methoxy groups -OCH3 is 1. The summed E-state index contributed by atoms with van der Waals surface area (Å²) in [4.78, 5) is 18.7. The van der Waals surface area contributed by atoms with Crippen molar-refractivity contribution in [1.82, 2.24) is 24.8 Å². The Morgan fingerprint density at radius 1 is 1.50 bits per heavy atom. The number of hydrogen-bond acceptors (Lipinski definition) is 7. The number of nitrogens with one attached hydrogen (secondary N) is 1. The van der Waals surface area contributed by atoms with E-state index in [1.807, 2.05) is 17.9 Å². The van der Waals surface area contributed by atoms with Crippen molar-refractivity contribution in [1.29, 1.82) is 0 Å². The highest BCUT2D eigenvalue weighted by molar-refractivity contribution is 5.91. The Bertz CT molecular complexity index is 725. The largest absolute Gasteiger partial charge is 0.380 e. The Kier molecular flexibility index (Phi) is 4.63. The molecule has 0 saturated carbocycles. The van der Waals surface area contributed by atoms with Gasteiger partial charge in [-0.25, -0.2) is 0 Å². The van der Waals surface area contributed by atoms with Crippen LogP contribution in [0.5, 0.6) is 0 Å². The van der Waals surface area contributed by atoms with Gasteiger partial charge in [0.1, 0.15) is 5.82 Å². The Morgan fingerprint density at radius 2 is 2.29 bits per heavy atom. The molecular formula is C15H22N6O3. The monoisotopic (exact) mass is 334 g/mol. The van der Waals surface area contributed by atoms with E-state index < -0.39 is 0 Å². The summed E-state index contributed by atoms with van der Waals surface area (Å²) in [5.74, 6) is 1.66. The number of aromatic nitrogens is 4. The number of hydrogen-bond donors (Lipinski definition) is 1. The van der Waals surface area contributed by atoms with Crippen LogP contribution in [-0.2, 0) is 16.6 Å². The molecule has 1 aliphatic rings. The molecule has 1 saturated heterocycles. The van der Waals surface area contributed by atoms with Gasteiger partial charge in [0.25, 0.3) is 0 Å². The van der Waals surface area contributed by atoms with Crippen LogP contribution in [-0.4, -0.2) is 57.0 Å². The lowest BCUT2D eigenvalue weighted by molar-refractivity contribution is -0.117. The van der Waals surface area contributed by atoms with Gasteiger partial charge in [0.2, 0.25) is 11.8 Å². The van der Waals surface area contributed by atoms with Gasteiger partial charge >= 0.3 is 0 Å². The van der Waals surface area contributed by atoms with Gasteiger partial charge in [-0.05, 0) is 20.3 Å². The molecule has 0 aliphatic carbocycles. The number of ether oxygens (including phenoxy) is 1. The topological polar surface area (TPSA) is 98.3 Å². The summed E-state index contributed by atoms with van der Waals surface area (Å²) in [6.07, 6.45) is 0.755. The van der Waals surface area contributed by atoms with Gasteiger partial charge in [0.05, 0.1) is 24.4 Å². The molecule has 2 aromatic heterocycles. The summed E-state index contributed by atoms with van der Waals surface area (Å²) in [7, 11) is 3.46. The third-order valence-corrected chi connectivity index (χ3v) is 4.14. The number of carbonyl (C=O) groups is 1. The third-order valence-electron chi connectivity index (χ3n) is 4.14. The minimum absolute atomic E-state index is 0.0361. The van der Waals surface area contributed by atoms with E-state index in [0.717, 1.165) is 12.1 Å². The first-order valence-corrected chi connectivity index (χ1v) is 7.83. The summed E-state index contributed by atoms with van der Waals surface area (Å²) in [6, 6.07) is 1.72. The minimum Gasteiger partial charge on any atom is -0.380 e. The Balaban J connectivity index is 1.69. The molecule has 1 N–H and O–H groups in total. The maximum atomic E-state index is 12.4. The lowest BCUT2D eigenvalue weighted by atomic mass is 10.2. The molecule has 0 bridgehead atoms. The summed E-state index contributed by atoms with van der Waals surface area (Å²) in [6.45, 7) is 4.52. The lowest BCUT2D eigenvalue weighted by Gasteiger charge is -2.20. The second-order valence-corrected chi connectivity index (χ2v) is 6.06. The van der Waals surface area contributed by atoms with E-state index in [-0.39, 0.29) is 24.6 Å². The van der Waals surface area contributed by atoms with Crippen LogP contribution >= 0.6 is 0 Å². The van der Waals surface area contributed by atoms with Crippen molar-refractivity contribution in [3.05, 3.63) is 23.5 Å². The van der Waals surface area contributed by atoms with Crippen LogP contribution in [0.15, 0.2) is 10.6 Å². The normalized spacial score (nSPS) is 21.3. The van der Waals surface area contributed by atoms with E-state index >= 15 is 0 Å². The standard InChI is InChI=1S/C15H22N6O3/c1-9-5-13(20(3)18-9)17-14(22)8-21-7-11(23-4)6-12(21)15-16-10(2)19-24-15/h5,11-12H,6-8H2,1-4H3,(H,17,22)/t11-,12+/m0/s1. The number of likely N-dealkylation sites (tertiary alicyclic amines) is 1. The minimum atomic E-state index is -0.116. The van der Waals surface area contributed by atoms with Crippen LogP contribution in [0.25, 0.3) is 0 Å². The molecule has 2 aromatic rings. The van der Waals surface area contributed by atoms with Gasteiger partial charge in [0, 0.05) is 26.8 Å². The maximum absolute atomic E-state index is 12.4. The van der Waals surface area contributed by atoms with Crippen LogP contribution in [0.1, 0.15) is 29.9 Å². The summed E-state index contributed by atoms with van der Waals surface area (Å²) in [5, 5.41) is 10.9. The second-order valence-electron chi connectivity index (χ2n) is 6.06. The van der Waals surface area contributed by atoms with E-state index in [9.17, 15) is 4.79 Å². The number of rotatable bonds is 5. The first kappa shape index (κ1) is 16.6. The van der Waals surface area contributed by atoms with E-state index in [0.29, 0.717) is 24.1 Å². The fourth-order valence-electron chi connectivity index (χ4n) is 3.01. The van der Waals surface area contributed by atoms with Crippen molar-refractivity contribution in [2.45, 2.75) is 32.4 Å². The predicted octanol–water partition coefficient (Wildman–Crippen LogP) is 0.820. The number of amides is 1. The Hall–Kier alpha value is -2.26. The smallest absolute Gasteiger partial charge is 0.244 e. The quantitative estimate of drug-likeness (QED) is 0.864.